The van der Waals surface area contributed by atoms with Crippen molar-refractivity contribution in [1.29, 1.82) is 0 Å². The smallest absolute Gasteiger partial charge is 0.409 e. The molecule has 0 atom stereocenters. The van der Waals surface area contributed by atoms with E-state index in [1.165, 1.54) is 14.2 Å². The number of benzene rings is 1. The fraction of sp³-hybridized carbons (Fsp3) is 0.467. The molecule has 0 aliphatic carbocycles. The predicted octanol–water partition coefficient (Wildman–Crippen LogP) is 1.23. The molecule has 0 N–H and O–H groups in total. The van der Waals surface area contributed by atoms with E-state index in [2.05, 4.69) is 4.74 Å². The van der Waals surface area contributed by atoms with Gasteiger partial charge in [0.05, 0.1) is 26.9 Å². The molecule has 1 heterocycles. The van der Waals surface area contributed by atoms with E-state index in [9.17, 15) is 9.59 Å². The van der Waals surface area contributed by atoms with Gasteiger partial charge in [0, 0.05) is 26.2 Å². The van der Waals surface area contributed by atoms with E-state index < -0.39 is 0 Å². The number of rotatable bonds is 3. The van der Waals surface area contributed by atoms with Crippen LogP contribution in [0.3, 0.4) is 0 Å². The lowest BCUT2D eigenvalue weighted by Crippen LogP contribution is -2.50. The van der Waals surface area contributed by atoms with E-state index in [0.29, 0.717) is 43.2 Å². The van der Waals surface area contributed by atoms with E-state index >= 15 is 0 Å². The van der Waals surface area contributed by atoms with E-state index in [1.54, 1.807) is 35.1 Å². The lowest BCUT2D eigenvalue weighted by Gasteiger charge is -2.34. The first-order valence-electron chi connectivity index (χ1n) is 6.95. The van der Waals surface area contributed by atoms with Crippen LogP contribution in [0.2, 0.25) is 0 Å². The fourth-order valence-corrected chi connectivity index (χ4v) is 2.37. The molecule has 1 aromatic carbocycles. The van der Waals surface area contributed by atoms with Crippen LogP contribution in [0.1, 0.15) is 10.4 Å². The lowest BCUT2D eigenvalue weighted by molar-refractivity contribution is 0.0596. The molecule has 0 spiro atoms. The Morgan fingerprint density at radius 1 is 0.955 bits per heavy atom. The number of piperazine rings is 1. The summed E-state index contributed by atoms with van der Waals surface area (Å²) in [4.78, 5) is 27.4. The summed E-state index contributed by atoms with van der Waals surface area (Å²) in [6.45, 7) is 1.80. The van der Waals surface area contributed by atoms with Crippen molar-refractivity contribution in [3.05, 3.63) is 23.8 Å². The first-order valence-corrected chi connectivity index (χ1v) is 6.95. The zero-order chi connectivity index (χ0) is 16.1. The van der Waals surface area contributed by atoms with E-state index in [1.807, 2.05) is 0 Å². The van der Waals surface area contributed by atoms with Gasteiger partial charge in [-0.05, 0) is 18.2 Å². The van der Waals surface area contributed by atoms with Crippen molar-refractivity contribution in [2.45, 2.75) is 0 Å². The largest absolute Gasteiger partial charge is 0.497 e. The summed E-state index contributed by atoms with van der Waals surface area (Å²) in [6.07, 6.45) is -0.369. The highest BCUT2D eigenvalue weighted by Crippen LogP contribution is 2.25. The second-order valence-electron chi connectivity index (χ2n) is 4.82. The standard InChI is InChI=1S/C15H20N2O5/c1-20-11-4-5-13(21-2)12(10-11)14(18)16-6-8-17(9-7-16)15(19)22-3/h4-5,10H,6-9H2,1-3H3. The first kappa shape index (κ1) is 15.9. The Labute approximate surface area is 129 Å². The van der Waals surface area contributed by atoms with Gasteiger partial charge < -0.3 is 24.0 Å². The van der Waals surface area contributed by atoms with Crippen LogP contribution in [0.4, 0.5) is 4.79 Å². The minimum atomic E-state index is -0.369. The second-order valence-corrected chi connectivity index (χ2v) is 4.82. The molecule has 1 saturated heterocycles. The summed E-state index contributed by atoms with van der Waals surface area (Å²) in [6, 6.07) is 5.11. The van der Waals surface area contributed by atoms with Crippen LogP contribution in [0.25, 0.3) is 0 Å². The third-order valence-electron chi connectivity index (χ3n) is 3.64. The van der Waals surface area contributed by atoms with E-state index in [4.69, 9.17) is 9.47 Å². The van der Waals surface area contributed by atoms with Gasteiger partial charge in [0.1, 0.15) is 11.5 Å². The number of carbonyl (C=O) groups excluding carboxylic acids is 2. The monoisotopic (exact) mass is 308 g/mol. The molecule has 120 valence electrons. The summed E-state index contributed by atoms with van der Waals surface area (Å²) < 4.78 is 15.1. The van der Waals surface area contributed by atoms with Crippen molar-refractivity contribution >= 4 is 12.0 Å². The Balaban J connectivity index is 2.11. The van der Waals surface area contributed by atoms with Gasteiger partial charge in [0.25, 0.3) is 5.91 Å². The quantitative estimate of drug-likeness (QED) is 0.840. The highest BCUT2D eigenvalue weighted by molar-refractivity contribution is 5.97. The molecule has 2 amide bonds. The van der Waals surface area contributed by atoms with Gasteiger partial charge in [-0.15, -0.1) is 0 Å². The molecule has 0 saturated carbocycles. The summed E-state index contributed by atoms with van der Waals surface area (Å²) in [5, 5.41) is 0. The number of hydrogen-bond donors (Lipinski definition) is 0. The maximum Gasteiger partial charge on any atom is 0.409 e. The van der Waals surface area contributed by atoms with Crippen molar-refractivity contribution in [3.63, 3.8) is 0 Å². The van der Waals surface area contributed by atoms with Crippen LogP contribution in [-0.4, -0.2) is 69.3 Å². The van der Waals surface area contributed by atoms with Crippen LogP contribution in [0, 0.1) is 0 Å². The average molecular weight is 308 g/mol. The molecular weight excluding hydrogens is 288 g/mol. The summed E-state index contributed by atoms with van der Waals surface area (Å²) >= 11 is 0. The van der Waals surface area contributed by atoms with Crippen molar-refractivity contribution in [3.8, 4) is 11.5 Å². The number of ether oxygens (including phenoxy) is 3. The molecule has 7 nitrogen and oxygen atoms in total. The molecule has 2 rings (SSSR count). The van der Waals surface area contributed by atoms with E-state index in [-0.39, 0.29) is 12.0 Å². The van der Waals surface area contributed by atoms with Crippen LogP contribution < -0.4 is 9.47 Å². The molecule has 1 fully saturated rings. The van der Waals surface area contributed by atoms with Gasteiger partial charge in [-0.1, -0.05) is 0 Å². The number of carbonyl (C=O) groups is 2. The molecule has 1 aromatic rings. The molecule has 7 heteroatoms. The molecule has 0 bridgehead atoms. The topological polar surface area (TPSA) is 68.3 Å². The molecule has 0 aromatic heterocycles. The molecule has 22 heavy (non-hydrogen) atoms. The van der Waals surface area contributed by atoms with Gasteiger partial charge in [-0.3, -0.25) is 4.79 Å². The van der Waals surface area contributed by atoms with Crippen LogP contribution in [-0.2, 0) is 4.74 Å². The Hall–Kier alpha value is -2.44. The fourth-order valence-electron chi connectivity index (χ4n) is 2.37. The molecule has 0 radical (unpaired) electrons. The van der Waals surface area contributed by atoms with E-state index in [0.717, 1.165) is 0 Å². The third kappa shape index (κ3) is 3.24. The van der Waals surface area contributed by atoms with Crippen LogP contribution in [0.15, 0.2) is 18.2 Å². The molecule has 1 aliphatic rings. The highest BCUT2D eigenvalue weighted by Gasteiger charge is 2.27. The molecule has 0 unspecified atom stereocenters. The normalized spacial score (nSPS) is 14.5. The molecular formula is C15H20N2O5. The van der Waals surface area contributed by atoms with Crippen molar-refractivity contribution < 1.29 is 23.8 Å². The average Bonchev–Trinajstić information content (AvgIpc) is 2.59. The number of hydrogen-bond acceptors (Lipinski definition) is 5. The predicted molar refractivity (Wildman–Crippen MR) is 79.4 cm³/mol. The lowest BCUT2D eigenvalue weighted by atomic mass is 10.1. The minimum Gasteiger partial charge on any atom is -0.497 e. The Bertz CT molecular complexity index is 553. The zero-order valence-corrected chi connectivity index (χ0v) is 13.0. The Morgan fingerprint density at radius 2 is 1.59 bits per heavy atom. The summed E-state index contributed by atoms with van der Waals surface area (Å²) in [7, 11) is 4.42. The summed E-state index contributed by atoms with van der Waals surface area (Å²) in [5.41, 5.74) is 0.452. The van der Waals surface area contributed by atoms with Gasteiger partial charge in [-0.25, -0.2) is 4.79 Å². The SMILES string of the molecule is COC(=O)N1CCN(C(=O)c2cc(OC)ccc2OC)CC1. The Morgan fingerprint density at radius 3 is 2.14 bits per heavy atom. The van der Waals surface area contributed by atoms with Gasteiger partial charge in [0.2, 0.25) is 0 Å². The maximum absolute atomic E-state index is 12.6. The van der Waals surface area contributed by atoms with Crippen molar-refractivity contribution in [2.24, 2.45) is 0 Å². The second kappa shape index (κ2) is 7.02. The number of methoxy groups -OCH3 is 3. The van der Waals surface area contributed by atoms with Crippen molar-refractivity contribution in [1.82, 2.24) is 9.80 Å². The van der Waals surface area contributed by atoms with Crippen molar-refractivity contribution in [2.75, 3.05) is 47.5 Å². The number of amides is 2. The number of nitrogens with zero attached hydrogens (tertiary/aromatic N) is 2. The maximum atomic E-state index is 12.6. The first-order chi connectivity index (χ1) is 10.6. The third-order valence-corrected chi connectivity index (χ3v) is 3.64. The van der Waals surface area contributed by atoms with Crippen LogP contribution in [0.5, 0.6) is 11.5 Å². The van der Waals surface area contributed by atoms with Gasteiger partial charge >= 0.3 is 6.09 Å². The molecule has 1 aliphatic heterocycles. The van der Waals surface area contributed by atoms with Crippen LogP contribution >= 0.6 is 0 Å². The highest BCUT2D eigenvalue weighted by atomic mass is 16.5. The summed E-state index contributed by atoms with van der Waals surface area (Å²) in [5.74, 6) is 0.957. The zero-order valence-electron chi connectivity index (χ0n) is 13.0. The Kier molecular flexibility index (Phi) is 5.08. The van der Waals surface area contributed by atoms with Gasteiger partial charge in [0.15, 0.2) is 0 Å². The minimum absolute atomic E-state index is 0.139. The van der Waals surface area contributed by atoms with Gasteiger partial charge in [-0.2, -0.15) is 0 Å².